The van der Waals surface area contributed by atoms with Crippen LogP contribution in [0.4, 0.5) is 13.2 Å². The SMILES string of the molecule is CC(C)NC(CCN(C)CC(F)(F)F)C(=O)O. The lowest BCUT2D eigenvalue weighted by Gasteiger charge is -2.22. The van der Waals surface area contributed by atoms with Crippen molar-refractivity contribution < 1.29 is 23.1 Å². The highest BCUT2D eigenvalue weighted by molar-refractivity contribution is 5.73. The largest absolute Gasteiger partial charge is 0.480 e. The Morgan fingerprint density at radius 3 is 2.29 bits per heavy atom. The maximum absolute atomic E-state index is 12.0. The topological polar surface area (TPSA) is 52.6 Å². The molecule has 0 aromatic carbocycles. The van der Waals surface area contributed by atoms with E-state index in [1.807, 2.05) is 0 Å². The molecule has 1 atom stereocenters. The van der Waals surface area contributed by atoms with Crippen LogP contribution in [0.1, 0.15) is 20.3 Å². The lowest BCUT2D eigenvalue weighted by atomic mass is 10.2. The van der Waals surface area contributed by atoms with Crippen LogP contribution in [0.25, 0.3) is 0 Å². The molecule has 0 bridgehead atoms. The number of alkyl halides is 3. The second kappa shape index (κ2) is 6.80. The summed E-state index contributed by atoms with van der Waals surface area (Å²) in [7, 11) is 1.32. The molecule has 7 heteroatoms. The summed E-state index contributed by atoms with van der Waals surface area (Å²) in [5, 5.41) is 11.7. The molecule has 0 heterocycles. The Morgan fingerprint density at radius 2 is 1.94 bits per heavy atom. The quantitative estimate of drug-likeness (QED) is 0.721. The van der Waals surface area contributed by atoms with Crippen molar-refractivity contribution in [2.75, 3.05) is 20.1 Å². The van der Waals surface area contributed by atoms with E-state index in [1.165, 1.54) is 7.05 Å². The first-order valence-electron chi connectivity index (χ1n) is 5.36. The third-order valence-corrected chi connectivity index (χ3v) is 2.08. The van der Waals surface area contributed by atoms with Crippen molar-refractivity contribution in [1.82, 2.24) is 10.2 Å². The van der Waals surface area contributed by atoms with Gasteiger partial charge in [-0.3, -0.25) is 9.69 Å². The van der Waals surface area contributed by atoms with E-state index in [0.29, 0.717) is 0 Å². The lowest BCUT2D eigenvalue weighted by Crippen LogP contribution is -2.43. The molecule has 0 spiro atoms. The van der Waals surface area contributed by atoms with Gasteiger partial charge in [0.05, 0.1) is 6.54 Å². The van der Waals surface area contributed by atoms with Crippen molar-refractivity contribution in [1.29, 1.82) is 0 Å². The summed E-state index contributed by atoms with van der Waals surface area (Å²) in [6, 6.07) is -0.838. The predicted octanol–water partition coefficient (Wildman–Crippen LogP) is 1.32. The minimum absolute atomic E-state index is 0.0241. The smallest absolute Gasteiger partial charge is 0.401 e. The molecule has 17 heavy (non-hydrogen) atoms. The van der Waals surface area contributed by atoms with Gasteiger partial charge in [0.2, 0.25) is 0 Å². The van der Waals surface area contributed by atoms with Crippen molar-refractivity contribution in [3.63, 3.8) is 0 Å². The molecule has 0 saturated heterocycles. The molecule has 2 N–H and O–H groups in total. The number of carboxylic acids is 1. The molecule has 0 radical (unpaired) electrons. The van der Waals surface area contributed by atoms with Crippen LogP contribution in [-0.2, 0) is 4.79 Å². The Balaban J connectivity index is 4.08. The van der Waals surface area contributed by atoms with E-state index in [9.17, 15) is 18.0 Å². The van der Waals surface area contributed by atoms with Gasteiger partial charge < -0.3 is 10.4 Å². The molecule has 0 aromatic rings. The van der Waals surface area contributed by atoms with E-state index in [1.54, 1.807) is 13.8 Å². The fraction of sp³-hybridized carbons (Fsp3) is 0.900. The van der Waals surface area contributed by atoms with Crippen LogP contribution >= 0.6 is 0 Å². The van der Waals surface area contributed by atoms with Gasteiger partial charge in [-0.15, -0.1) is 0 Å². The van der Waals surface area contributed by atoms with Gasteiger partial charge in [0.25, 0.3) is 0 Å². The summed E-state index contributed by atoms with van der Waals surface area (Å²) in [6.45, 7) is 2.63. The summed E-state index contributed by atoms with van der Waals surface area (Å²) >= 11 is 0. The normalized spacial score (nSPS) is 14.4. The van der Waals surface area contributed by atoms with E-state index in [4.69, 9.17) is 5.11 Å². The number of carbonyl (C=O) groups is 1. The Hall–Kier alpha value is -0.820. The van der Waals surface area contributed by atoms with Crippen LogP contribution in [-0.4, -0.2) is 54.4 Å². The molecule has 0 aliphatic rings. The van der Waals surface area contributed by atoms with Crippen LogP contribution in [0, 0.1) is 0 Å². The summed E-state index contributed by atoms with van der Waals surface area (Å²) in [5.74, 6) is -1.04. The Morgan fingerprint density at radius 1 is 1.41 bits per heavy atom. The van der Waals surface area contributed by atoms with Crippen LogP contribution < -0.4 is 5.32 Å². The first kappa shape index (κ1) is 16.2. The molecule has 0 aliphatic carbocycles. The maximum Gasteiger partial charge on any atom is 0.401 e. The first-order chi connectivity index (χ1) is 7.61. The highest BCUT2D eigenvalue weighted by Gasteiger charge is 2.29. The van der Waals surface area contributed by atoms with Gasteiger partial charge in [0.1, 0.15) is 6.04 Å². The molecular formula is C10H19F3N2O2. The Kier molecular flexibility index (Phi) is 6.48. The summed E-state index contributed by atoms with van der Waals surface area (Å²) in [6.07, 6.45) is -4.11. The zero-order chi connectivity index (χ0) is 13.6. The second-order valence-corrected chi connectivity index (χ2v) is 4.35. The van der Waals surface area contributed by atoms with Gasteiger partial charge in [-0.2, -0.15) is 13.2 Å². The summed E-state index contributed by atoms with van der Waals surface area (Å²) in [5.41, 5.74) is 0. The summed E-state index contributed by atoms with van der Waals surface area (Å²) in [4.78, 5) is 11.9. The van der Waals surface area contributed by atoms with Gasteiger partial charge >= 0.3 is 12.1 Å². The molecule has 1 unspecified atom stereocenters. The van der Waals surface area contributed by atoms with E-state index in [0.717, 1.165) is 4.90 Å². The van der Waals surface area contributed by atoms with Crippen molar-refractivity contribution in [2.24, 2.45) is 0 Å². The van der Waals surface area contributed by atoms with Gasteiger partial charge in [-0.05, 0) is 13.5 Å². The predicted molar refractivity (Wildman–Crippen MR) is 57.9 cm³/mol. The van der Waals surface area contributed by atoms with Crippen LogP contribution in [0.3, 0.4) is 0 Å². The third-order valence-electron chi connectivity index (χ3n) is 2.08. The number of hydrogen-bond acceptors (Lipinski definition) is 3. The van der Waals surface area contributed by atoms with Crippen LogP contribution in [0.15, 0.2) is 0 Å². The molecule has 4 nitrogen and oxygen atoms in total. The fourth-order valence-corrected chi connectivity index (χ4v) is 1.42. The molecule has 0 aliphatic heterocycles. The zero-order valence-electron chi connectivity index (χ0n) is 10.2. The van der Waals surface area contributed by atoms with E-state index in [-0.39, 0.29) is 19.0 Å². The molecule has 0 fully saturated rings. The molecular weight excluding hydrogens is 237 g/mol. The van der Waals surface area contributed by atoms with Crippen molar-refractivity contribution in [3.05, 3.63) is 0 Å². The zero-order valence-corrected chi connectivity index (χ0v) is 10.2. The average molecular weight is 256 g/mol. The molecule has 0 saturated carbocycles. The van der Waals surface area contributed by atoms with E-state index < -0.39 is 24.7 Å². The number of aliphatic carboxylic acids is 1. The van der Waals surface area contributed by atoms with Gasteiger partial charge in [-0.25, -0.2) is 0 Å². The Bertz CT molecular complexity index is 244. The first-order valence-corrected chi connectivity index (χ1v) is 5.36. The van der Waals surface area contributed by atoms with Crippen molar-refractivity contribution in [2.45, 2.75) is 38.5 Å². The molecule has 102 valence electrons. The third kappa shape index (κ3) is 8.93. The van der Waals surface area contributed by atoms with Gasteiger partial charge in [0.15, 0.2) is 0 Å². The van der Waals surface area contributed by atoms with Gasteiger partial charge in [-0.1, -0.05) is 13.8 Å². The van der Waals surface area contributed by atoms with E-state index >= 15 is 0 Å². The number of halogens is 3. The van der Waals surface area contributed by atoms with Crippen molar-refractivity contribution in [3.8, 4) is 0 Å². The number of carboxylic acid groups (broad SMARTS) is 1. The monoisotopic (exact) mass is 256 g/mol. The van der Waals surface area contributed by atoms with E-state index in [2.05, 4.69) is 5.32 Å². The second-order valence-electron chi connectivity index (χ2n) is 4.35. The van der Waals surface area contributed by atoms with Crippen molar-refractivity contribution >= 4 is 5.97 Å². The molecule has 0 aromatic heterocycles. The summed E-state index contributed by atoms with van der Waals surface area (Å²) < 4.78 is 36.1. The minimum Gasteiger partial charge on any atom is -0.480 e. The average Bonchev–Trinajstić information content (AvgIpc) is 2.08. The standard InChI is InChI=1S/C10H19F3N2O2/c1-7(2)14-8(9(16)17)4-5-15(3)6-10(11,12)13/h7-8,14H,4-6H2,1-3H3,(H,16,17). The fourth-order valence-electron chi connectivity index (χ4n) is 1.42. The van der Waals surface area contributed by atoms with Gasteiger partial charge in [0, 0.05) is 12.6 Å². The molecule has 0 amide bonds. The minimum atomic E-state index is -4.25. The van der Waals surface area contributed by atoms with Crippen LogP contribution in [0.5, 0.6) is 0 Å². The maximum atomic E-state index is 12.0. The number of hydrogen-bond donors (Lipinski definition) is 2. The number of nitrogens with one attached hydrogen (secondary N) is 1. The highest BCUT2D eigenvalue weighted by atomic mass is 19.4. The van der Waals surface area contributed by atoms with Crippen LogP contribution in [0.2, 0.25) is 0 Å². The number of rotatable bonds is 7. The Labute approximate surface area is 98.8 Å². The molecule has 0 rings (SSSR count). The highest BCUT2D eigenvalue weighted by Crippen LogP contribution is 2.15. The number of nitrogens with zero attached hydrogens (tertiary/aromatic N) is 1. The lowest BCUT2D eigenvalue weighted by molar-refractivity contribution is -0.144.